The number of nitrogens with zero attached hydrogens (tertiary/aromatic N) is 1. The van der Waals surface area contributed by atoms with Gasteiger partial charge in [0.15, 0.2) is 9.84 Å². The maximum Gasteiger partial charge on any atom is 0.156 e. The quantitative estimate of drug-likeness (QED) is 0.878. The molecule has 1 N–H and O–H groups in total. The summed E-state index contributed by atoms with van der Waals surface area (Å²) < 4.78 is 28.6. The molecule has 1 fully saturated rings. The second-order valence-corrected chi connectivity index (χ2v) is 6.78. The molecule has 19 heavy (non-hydrogen) atoms. The van der Waals surface area contributed by atoms with E-state index < -0.39 is 22.0 Å². The molecule has 5 nitrogen and oxygen atoms in total. The van der Waals surface area contributed by atoms with Gasteiger partial charge >= 0.3 is 0 Å². The van der Waals surface area contributed by atoms with Crippen LogP contribution < -0.4 is 4.74 Å². The Morgan fingerprint density at radius 2 is 2.05 bits per heavy atom. The fourth-order valence-electron chi connectivity index (χ4n) is 2.25. The Labute approximate surface area is 110 Å². The van der Waals surface area contributed by atoms with Crippen LogP contribution in [0.2, 0.25) is 0 Å². The molecule has 0 bridgehead atoms. The van der Waals surface area contributed by atoms with E-state index >= 15 is 0 Å². The molecule has 2 aromatic rings. The Balaban J connectivity index is 1.94. The highest BCUT2D eigenvalue weighted by molar-refractivity contribution is 7.91. The van der Waals surface area contributed by atoms with Crippen molar-refractivity contribution >= 4 is 20.7 Å². The Kier molecular flexibility index (Phi) is 2.91. The summed E-state index contributed by atoms with van der Waals surface area (Å²) in [6, 6.07) is 9.04. The normalized spacial score (nSPS) is 25.5. The van der Waals surface area contributed by atoms with E-state index in [0.717, 1.165) is 10.9 Å². The van der Waals surface area contributed by atoms with Crippen LogP contribution in [0.1, 0.15) is 0 Å². The summed E-state index contributed by atoms with van der Waals surface area (Å²) in [4.78, 5) is 4.20. The molecule has 1 saturated heterocycles. The van der Waals surface area contributed by atoms with Gasteiger partial charge in [0.25, 0.3) is 0 Å². The summed E-state index contributed by atoms with van der Waals surface area (Å²) in [6.45, 7) is 0. The van der Waals surface area contributed by atoms with Crippen molar-refractivity contribution in [1.29, 1.82) is 0 Å². The van der Waals surface area contributed by atoms with Gasteiger partial charge in [-0.2, -0.15) is 0 Å². The molecular formula is C13H13NO4S. The van der Waals surface area contributed by atoms with Crippen LogP contribution in [0, 0.1) is 0 Å². The number of sulfone groups is 1. The zero-order valence-electron chi connectivity index (χ0n) is 10.1. The molecule has 0 spiro atoms. The average molecular weight is 279 g/mol. The Morgan fingerprint density at radius 1 is 1.21 bits per heavy atom. The van der Waals surface area contributed by atoms with Crippen LogP contribution in [0.4, 0.5) is 0 Å². The van der Waals surface area contributed by atoms with Crippen LogP contribution in [-0.4, -0.2) is 42.2 Å². The molecule has 2 atom stereocenters. The van der Waals surface area contributed by atoms with Crippen molar-refractivity contribution in [2.24, 2.45) is 0 Å². The van der Waals surface area contributed by atoms with E-state index in [1.54, 1.807) is 24.4 Å². The maximum atomic E-state index is 11.5. The fourth-order valence-corrected chi connectivity index (χ4v) is 3.91. The van der Waals surface area contributed by atoms with Crippen LogP contribution >= 0.6 is 0 Å². The van der Waals surface area contributed by atoms with E-state index in [-0.39, 0.29) is 11.5 Å². The van der Waals surface area contributed by atoms with Crippen LogP contribution in [-0.2, 0) is 9.84 Å². The number of hydrogen-bond donors (Lipinski definition) is 1. The topological polar surface area (TPSA) is 76.5 Å². The van der Waals surface area contributed by atoms with Crippen molar-refractivity contribution < 1.29 is 18.3 Å². The summed E-state index contributed by atoms with van der Waals surface area (Å²) in [7, 11) is -3.21. The Morgan fingerprint density at radius 3 is 2.79 bits per heavy atom. The number of aromatic nitrogens is 1. The van der Waals surface area contributed by atoms with E-state index in [1.165, 1.54) is 0 Å². The van der Waals surface area contributed by atoms with Crippen molar-refractivity contribution in [3.63, 3.8) is 0 Å². The number of aliphatic hydroxyl groups excluding tert-OH is 1. The SMILES string of the molecule is O=S1(=O)CC(O)C(Oc2cccc3ncccc23)C1. The number of hydrogen-bond acceptors (Lipinski definition) is 5. The minimum Gasteiger partial charge on any atom is -0.486 e. The van der Waals surface area contributed by atoms with Crippen molar-refractivity contribution in [2.75, 3.05) is 11.5 Å². The first-order valence-electron chi connectivity index (χ1n) is 5.94. The summed E-state index contributed by atoms with van der Waals surface area (Å²) in [5.41, 5.74) is 0.773. The van der Waals surface area contributed by atoms with Crippen molar-refractivity contribution in [3.05, 3.63) is 36.5 Å². The van der Waals surface area contributed by atoms with Gasteiger partial charge in [0, 0.05) is 11.6 Å². The molecule has 0 amide bonds. The maximum absolute atomic E-state index is 11.5. The smallest absolute Gasteiger partial charge is 0.156 e. The number of fused-ring (bicyclic) bond motifs is 1. The molecule has 1 aromatic carbocycles. The number of rotatable bonds is 2. The third-order valence-electron chi connectivity index (χ3n) is 3.16. The van der Waals surface area contributed by atoms with E-state index in [9.17, 15) is 13.5 Å². The van der Waals surface area contributed by atoms with Crippen LogP contribution in [0.25, 0.3) is 10.9 Å². The monoisotopic (exact) mass is 279 g/mol. The third-order valence-corrected chi connectivity index (χ3v) is 4.84. The molecule has 2 heterocycles. The molecule has 2 unspecified atom stereocenters. The average Bonchev–Trinajstić information content (AvgIpc) is 2.63. The first-order valence-corrected chi connectivity index (χ1v) is 7.76. The predicted molar refractivity (Wildman–Crippen MR) is 70.8 cm³/mol. The second-order valence-electron chi connectivity index (χ2n) is 4.63. The van der Waals surface area contributed by atoms with Gasteiger partial charge in [-0.15, -0.1) is 0 Å². The second kappa shape index (κ2) is 4.47. The number of pyridine rings is 1. The van der Waals surface area contributed by atoms with Crippen molar-refractivity contribution in [3.8, 4) is 5.75 Å². The highest BCUT2D eigenvalue weighted by Gasteiger charge is 2.38. The van der Waals surface area contributed by atoms with Gasteiger partial charge in [-0.3, -0.25) is 4.98 Å². The molecule has 0 radical (unpaired) electrons. The van der Waals surface area contributed by atoms with E-state index in [0.29, 0.717) is 5.75 Å². The number of benzene rings is 1. The lowest BCUT2D eigenvalue weighted by atomic mass is 10.2. The van der Waals surface area contributed by atoms with Gasteiger partial charge in [-0.1, -0.05) is 6.07 Å². The molecule has 1 aliphatic rings. The van der Waals surface area contributed by atoms with Crippen LogP contribution in [0.3, 0.4) is 0 Å². The fraction of sp³-hybridized carbons (Fsp3) is 0.308. The molecule has 0 aliphatic carbocycles. The van der Waals surface area contributed by atoms with Gasteiger partial charge in [-0.25, -0.2) is 8.42 Å². The zero-order valence-corrected chi connectivity index (χ0v) is 10.9. The lowest BCUT2D eigenvalue weighted by Gasteiger charge is -2.16. The first-order chi connectivity index (χ1) is 9.05. The molecule has 1 aromatic heterocycles. The first kappa shape index (κ1) is 12.4. The number of aliphatic hydroxyl groups is 1. The number of ether oxygens (including phenoxy) is 1. The van der Waals surface area contributed by atoms with Gasteiger partial charge in [0.1, 0.15) is 18.0 Å². The van der Waals surface area contributed by atoms with Gasteiger partial charge in [0.2, 0.25) is 0 Å². The highest BCUT2D eigenvalue weighted by Crippen LogP contribution is 2.27. The van der Waals surface area contributed by atoms with E-state index in [1.807, 2.05) is 12.1 Å². The molecule has 100 valence electrons. The summed E-state index contributed by atoms with van der Waals surface area (Å²) in [6.07, 6.45) is -0.00575. The van der Waals surface area contributed by atoms with Crippen molar-refractivity contribution in [1.82, 2.24) is 4.98 Å². The summed E-state index contributed by atoms with van der Waals surface area (Å²) in [5.74, 6) is 0.164. The van der Waals surface area contributed by atoms with E-state index in [4.69, 9.17) is 4.74 Å². The molecule has 0 saturated carbocycles. The largest absolute Gasteiger partial charge is 0.486 e. The van der Waals surface area contributed by atoms with Crippen molar-refractivity contribution in [2.45, 2.75) is 12.2 Å². The highest BCUT2D eigenvalue weighted by atomic mass is 32.2. The van der Waals surface area contributed by atoms with Crippen LogP contribution in [0.15, 0.2) is 36.5 Å². The zero-order chi connectivity index (χ0) is 13.5. The third kappa shape index (κ3) is 2.41. The van der Waals surface area contributed by atoms with Gasteiger partial charge in [-0.05, 0) is 24.3 Å². The Hall–Kier alpha value is -1.66. The Bertz CT molecular complexity index is 708. The minimum atomic E-state index is -3.21. The van der Waals surface area contributed by atoms with Crippen LogP contribution in [0.5, 0.6) is 5.75 Å². The molecule has 6 heteroatoms. The standard InChI is InChI=1S/C13H13NO4S/c15-11-7-19(16,17)8-13(11)18-12-5-1-4-10-9(12)3-2-6-14-10/h1-6,11,13,15H,7-8H2. The minimum absolute atomic E-state index is 0.148. The summed E-state index contributed by atoms with van der Waals surface area (Å²) in [5, 5.41) is 10.5. The van der Waals surface area contributed by atoms with Gasteiger partial charge < -0.3 is 9.84 Å². The predicted octanol–water partition coefficient (Wildman–Crippen LogP) is 0.771. The summed E-state index contributed by atoms with van der Waals surface area (Å²) >= 11 is 0. The lowest BCUT2D eigenvalue weighted by molar-refractivity contribution is 0.0748. The molecule has 1 aliphatic heterocycles. The lowest BCUT2D eigenvalue weighted by Crippen LogP contribution is -2.29. The molecular weight excluding hydrogens is 266 g/mol. The molecule has 3 rings (SSSR count). The van der Waals surface area contributed by atoms with E-state index in [2.05, 4.69) is 4.98 Å². The van der Waals surface area contributed by atoms with Gasteiger partial charge in [0.05, 0.1) is 17.0 Å².